The van der Waals surface area contributed by atoms with Gasteiger partial charge >= 0.3 is 0 Å². The van der Waals surface area contributed by atoms with E-state index in [2.05, 4.69) is 11.7 Å². The van der Waals surface area contributed by atoms with Crippen LogP contribution in [0.3, 0.4) is 0 Å². The molecule has 5 heteroatoms. The topological polar surface area (TPSA) is 58.7 Å². The van der Waals surface area contributed by atoms with Crippen LogP contribution in [0.2, 0.25) is 0 Å². The Morgan fingerprint density at radius 2 is 2.46 bits per heavy atom. The van der Waals surface area contributed by atoms with Crippen LogP contribution >= 0.6 is 11.8 Å². The summed E-state index contributed by atoms with van der Waals surface area (Å²) in [7, 11) is 0. The third-order valence-corrected chi connectivity index (χ3v) is 3.00. The molecule has 1 heterocycles. The molecule has 0 aromatic rings. The van der Waals surface area contributed by atoms with Crippen molar-refractivity contribution >= 4 is 22.8 Å². The van der Waals surface area contributed by atoms with Gasteiger partial charge < -0.3 is 5.84 Å². The molecule has 1 aliphatic rings. The summed E-state index contributed by atoms with van der Waals surface area (Å²) in [5.41, 5.74) is 0. The Hall–Kier alpha value is -0.970. The minimum Gasteiger partial charge on any atom is -0.321 e. The summed E-state index contributed by atoms with van der Waals surface area (Å²) >= 11 is 1.38. The predicted octanol–water partition coefficient (Wildman–Crippen LogP) is 0.754. The summed E-state index contributed by atoms with van der Waals surface area (Å²) < 4.78 is 0. The van der Waals surface area contributed by atoms with Crippen molar-refractivity contribution in [3.63, 3.8) is 0 Å². The molecular weight excluding hydrogens is 186 g/mol. The molecule has 72 valence electrons. The lowest BCUT2D eigenvalue weighted by Crippen LogP contribution is -2.38. The first kappa shape index (κ1) is 10.1. The van der Waals surface area contributed by atoms with Crippen LogP contribution in [0.4, 0.5) is 0 Å². The Balaban J connectivity index is 2.92. The summed E-state index contributed by atoms with van der Waals surface area (Å²) in [6, 6.07) is -0.0488. The number of nitrogens with two attached hydrogens (primary N) is 1. The highest BCUT2D eigenvalue weighted by molar-refractivity contribution is 8.15. The number of thioether (sulfide) groups is 1. The third-order valence-electron chi connectivity index (χ3n) is 1.93. The summed E-state index contributed by atoms with van der Waals surface area (Å²) in [4.78, 5) is 13.2. The van der Waals surface area contributed by atoms with Gasteiger partial charge in [-0.05, 0) is 13.8 Å². The molecule has 0 aliphatic carbocycles. The maximum atomic E-state index is 11.6. The number of hydrazone groups is 1. The monoisotopic (exact) mass is 199 g/mol. The molecule has 0 bridgehead atoms. The first-order valence-electron chi connectivity index (χ1n) is 4.02. The van der Waals surface area contributed by atoms with E-state index >= 15 is 0 Å². The zero-order chi connectivity index (χ0) is 10.0. The Labute approximate surface area is 81.8 Å². The molecule has 2 atom stereocenters. The molecule has 0 saturated carbocycles. The molecular formula is C8H13N3OS. The zero-order valence-corrected chi connectivity index (χ0v) is 8.54. The van der Waals surface area contributed by atoms with E-state index in [9.17, 15) is 4.79 Å². The van der Waals surface area contributed by atoms with Crippen molar-refractivity contribution in [2.45, 2.75) is 25.1 Å². The second-order valence-corrected chi connectivity index (χ2v) is 4.16. The molecule has 0 aromatic heterocycles. The van der Waals surface area contributed by atoms with Crippen molar-refractivity contribution in [1.29, 1.82) is 0 Å². The molecule has 13 heavy (non-hydrogen) atoms. The van der Waals surface area contributed by atoms with Crippen molar-refractivity contribution in [2.24, 2.45) is 10.9 Å². The highest BCUT2D eigenvalue weighted by Gasteiger charge is 2.36. The van der Waals surface area contributed by atoms with Crippen molar-refractivity contribution < 1.29 is 4.79 Å². The SMILES string of the molecule is C=CC(C)N1C(=O)C(C)S/C1=N\N. The van der Waals surface area contributed by atoms with Gasteiger partial charge in [-0.2, -0.15) is 5.10 Å². The fourth-order valence-electron chi connectivity index (χ4n) is 1.13. The maximum Gasteiger partial charge on any atom is 0.242 e. The van der Waals surface area contributed by atoms with Gasteiger partial charge in [-0.25, -0.2) is 0 Å². The molecule has 0 radical (unpaired) electrons. The molecule has 2 N–H and O–H groups in total. The minimum absolute atomic E-state index is 0.0431. The Bertz CT molecular complexity index is 264. The number of hydrogen-bond donors (Lipinski definition) is 1. The van der Waals surface area contributed by atoms with Gasteiger partial charge in [-0.3, -0.25) is 9.69 Å². The number of carbonyl (C=O) groups excluding carboxylic acids is 1. The van der Waals surface area contributed by atoms with E-state index in [0.717, 1.165) is 0 Å². The van der Waals surface area contributed by atoms with Crippen molar-refractivity contribution in [2.75, 3.05) is 0 Å². The number of carbonyl (C=O) groups is 1. The average molecular weight is 199 g/mol. The van der Waals surface area contributed by atoms with E-state index in [-0.39, 0.29) is 17.2 Å². The molecule has 0 aromatic carbocycles. The van der Waals surface area contributed by atoms with Crippen LogP contribution in [-0.2, 0) is 4.79 Å². The number of rotatable bonds is 2. The van der Waals surface area contributed by atoms with Crippen molar-refractivity contribution in [3.8, 4) is 0 Å². The Morgan fingerprint density at radius 1 is 1.85 bits per heavy atom. The van der Waals surface area contributed by atoms with Gasteiger partial charge in [0.2, 0.25) is 5.91 Å². The average Bonchev–Trinajstić information content (AvgIpc) is 2.42. The van der Waals surface area contributed by atoms with Crippen molar-refractivity contribution in [1.82, 2.24) is 4.90 Å². The normalized spacial score (nSPS) is 28.2. The molecule has 1 aliphatic heterocycles. The minimum atomic E-state index is -0.0929. The van der Waals surface area contributed by atoms with Gasteiger partial charge in [-0.15, -0.1) is 6.58 Å². The van der Waals surface area contributed by atoms with Crippen LogP contribution in [0.5, 0.6) is 0 Å². The second kappa shape index (κ2) is 3.83. The lowest BCUT2D eigenvalue weighted by Gasteiger charge is -2.20. The molecule has 2 unspecified atom stereocenters. The largest absolute Gasteiger partial charge is 0.321 e. The zero-order valence-electron chi connectivity index (χ0n) is 7.73. The van der Waals surface area contributed by atoms with Gasteiger partial charge in [0.1, 0.15) is 0 Å². The molecule has 1 saturated heterocycles. The molecule has 4 nitrogen and oxygen atoms in total. The van der Waals surface area contributed by atoms with E-state index in [1.54, 1.807) is 11.0 Å². The highest BCUT2D eigenvalue weighted by Crippen LogP contribution is 2.28. The van der Waals surface area contributed by atoms with E-state index in [1.807, 2.05) is 13.8 Å². The van der Waals surface area contributed by atoms with Crippen LogP contribution < -0.4 is 5.84 Å². The fraction of sp³-hybridized carbons (Fsp3) is 0.500. The van der Waals surface area contributed by atoms with E-state index < -0.39 is 0 Å². The van der Waals surface area contributed by atoms with Gasteiger partial charge in [-0.1, -0.05) is 17.8 Å². The maximum absolute atomic E-state index is 11.6. The fourth-order valence-corrected chi connectivity index (χ4v) is 2.09. The second-order valence-electron chi connectivity index (χ2n) is 2.86. The smallest absolute Gasteiger partial charge is 0.242 e. The molecule has 1 fully saturated rings. The first-order valence-corrected chi connectivity index (χ1v) is 4.90. The van der Waals surface area contributed by atoms with E-state index in [0.29, 0.717) is 5.17 Å². The van der Waals surface area contributed by atoms with E-state index in [4.69, 9.17) is 5.84 Å². The standard InChI is InChI=1S/C8H13N3OS/c1-4-5(2)11-7(12)6(3)13-8(11)10-9/h4-6H,1,9H2,2-3H3/b10-8-. The summed E-state index contributed by atoms with van der Waals surface area (Å²) in [5, 5.41) is 4.06. The van der Waals surface area contributed by atoms with Gasteiger partial charge in [0.05, 0.1) is 11.3 Å². The van der Waals surface area contributed by atoms with Crippen LogP contribution in [0.25, 0.3) is 0 Å². The predicted molar refractivity (Wildman–Crippen MR) is 55.2 cm³/mol. The lowest BCUT2D eigenvalue weighted by atomic mass is 10.3. The molecule has 0 spiro atoms. The summed E-state index contributed by atoms with van der Waals surface area (Å²) in [6.45, 7) is 7.36. The third kappa shape index (κ3) is 1.70. The summed E-state index contributed by atoms with van der Waals surface area (Å²) in [6.07, 6.45) is 1.70. The molecule has 1 amide bonds. The van der Waals surface area contributed by atoms with Gasteiger partial charge in [0, 0.05) is 0 Å². The van der Waals surface area contributed by atoms with Crippen LogP contribution in [0, 0.1) is 0 Å². The molecule has 1 rings (SSSR count). The van der Waals surface area contributed by atoms with Gasteiger partial charge in [0.15, 0.2) is 5.17 Å². The Kier molecular flexibility index (Phi) is 2.98. The summed E-state index contributed by atoms with van der Waals surface area (Å²) in [5.74, 6) is 5.22. The quantitative estimate of drug-likeness (QED) is 0.405. The van der Waals surface area contributed by atoms with Crippen LogP contribution in [0.1, 0.15) is 13.8 Å². The number of nitrogens with zero attached hydrogens (tertiary/aromatic N) is 2. The van der Waals surface area contributed by atoms with Crippen LogP contribution in [0.15, 0.2) is 17.8 Å². The van der Waals surface area contributed by atoms with Crippen molar-refractivity contribution in [3.05, 3.63) is 12.7 Å². The lowest BCUT2D eigenvalue weighted by molar-refractivity contribution is -0.126. The van der Waals surface area contributed by atoms with E-state index in [1.165, 1.54) is 11.8 Å². The van der Waals surface area contributed by atoms with Crippen LogP contribution in [-0.4, -0.2) is 27.3 Å². The number of amides is 1. The first-order chi connectivity index (χ1) is 6.11. The van der Waals surface area contributed by atoms with Gasteiger partial charge in [0.25, 0.3) is 0 Å². The number of hydrogen-bond acceptors (Lipinski definition) is 4. The highest BCUT2D eigenvalue weighted by atomic mass is 32.2. The number of amidine groups is 1. The Morgan fingerprint density at radius 3 is 2.92 bits per heavy atom.